The van der Waals surface area contributed by atoms with Crippen molar-refractivity contribution >= 4 is 5.69 Å². The van der Waals surface area contributed by atoms with Gasteiger partial charge in [0.1, 0.15) is 0 Å². The monoisotopic (exact) mass is 267 g/mol. The summed E-state index contributed by atoms with van der Waals surface area (Å²) in [5, 5.41) is 11.8. The van der Waals surface area contributed by atoms with E-state index in [0.717, 1.165) is 18.8 Å². The van der Waals surface area contributed by atoms with E-state index in [2.05, 4.69) is 39.8 Å². The van der Waals surface area contributed by atoms with Crippen LogP contribution in [0.2, 0.25) is 0 Å². The van der Waals surface area contributed by atoms with Gasteiger partial charge in [-0.2, -0.15) is 10.2 Å². The number of aromatic nitrogens is 4. The molecule has 0 saturated heterocycles. The molecule has 0 atom stereocenters. The number of hydrogen-bond acceptors (Lipinski definition) is 3. The van der Waals surface area contributed by atoms with Gasteiger partial charge in [0.2, 0.25) is 0 Å². The molecule has 2 heterocycles. The van der Waals surface area contributed by atoms with Crippen LogP contribution in [0.5, 0.6) is 0 Å². The Balaban J connectivity index is 1.65. The van der Waals surface area contributed by atoms with Gasteiger partial charge in [-0.15, -0.1) is 0 Å². The van der Waals surface area contributed by atoms with Crippen molar-refractivity contribution in [3.05, 3.63) is 66.2 Å². The smallest absolute Gasteiger partial charge is 0.0660 e. The molecule has 0 amide bonds. The van der Waals surface area contributed by atoms with Gasteiger partial charge in [-0.1, -0.05) is 12.1 Å². The van der Waals surface area contributed by atoms with Gasteiger partial charge >= 0.3 is 0 Å². The van der Waals surface area contributed by atoms with Gasteiger partial charge in [0.15, 0.2) is 0 Å². The summed E-state index contributed by atoms with van der Waals surface area (Å²) in [6, 6.07) is 10.3. The summed E-state index contributed by atoms with van der Waals surface area (Å²) in [6.07, 6.45) is 7.65. The second kappa shape index (κ2) is 5.61. The van der Waals surface area contributed by atoms with Gasteiger partial charge in [0.25, 0.3) is 0 Å². The van der Waals surface area contributed by atoms with Gasteiger partial charge in [-0.05, 0) is 23.8 Å². The lowest BCUT2D eigenvalue weighted by molar-refractivity contribution is 0.687. The molecule has 1 aromatic carbocycles. The second-order valence-corrected chi connectivity index (χ2v) is 4.78. The highest BCUT2D eigenvalue weighted by molar-refractivity contribution is 5.46. The summed E-state index contributed by atoms with van der Waals surface area (Å²) < 4.78 is 3.73. The van der Waals surface area contributed by atoms with Crippen LogP contribution < -0.4 is 5.32 Å². The lowest BCUT2D eigenvalue weighted by atomic mass is 10.2. The Bertz CT molecular complexity index is 669. The molecule has 0 bridgehead atoms. The maximum atomic E-state index is 4.22. The molecule has 5 nitrogen and oxygen atoms in total. The van der Waals surface area contributed by atoms with Crippen LogP contribution in [0.15, 0.2) is 55.1 Å². The van der Waals surface area contributed by atoms with E-state index in [4.69, 9.17) is 0 Å². The van der Waals surface area contributed by atoms with E-state index in [1.807, 2.05) is 41.1 Å². The average molecular weight is 267 g/mol. The Morgan fingerprint density at radius 2 is 2.10 bits per heavy atom. The van der Waals surface area contributed by atoms with E-state index in [-0.39, 0.29) is 0 Å². The summed E-state index contributed by atoms with van der Waals surface area (Å²) in [6.45, 7) is 1.56. The number of anilines is 1. The predicted octanol–water partition coefficient (Wildman–Crippen LogP) is 2.28. The molecule has 0 aliphatic carbocycles. The SMILES string of the molecule is Cn1cc(CNc2cccc(Cn3cccn3)c2)cn1. The topological polar surface area (TPSA) is 47.7 Å². The van der Waals surface area contributed by atoms with Gasteiger partial charge in [0.05, 0.1) is 12.7 Å². The van der Waals surface area contributed by atoms with Crippen molar-refractivity contribution in [3.8, 4) is 0 Å². The Morgan fingerprint density at radius 3 is 2.85 bits per heavy atom. The zero-order chi connectivity index (χ0) is 13.8. The van der Waals surface area contributed by atoms with E-state index in [1.165, 1.54) is 11.1 Å². The summed E-state index contributed by atoms with van der Waals surface area (Å²) in [4.78, 5) is 0. The minimum Gasteiger partial charge on any atom is -0.381 e. The minimum absolute atomic E-state index is 0.777. The number of aryl methyl sites for hydroxylation is 1. The van der Waals surface area contributed by atoms with Gasteiger partial charge in [0, 0.05) is 43.4 Å². The van der Waals surface area contributed by atoms with Crippen molar-refractivity contribution in [2.45, 2.75) is 13.1 Å². The quantitative estimate of drug-likeness (QED) is 0.771. The van der Waals surface area contributed by atoms with Crippen LogP contribution in [0.1, 0.15) is 11.1 Å². The highest BCUT2D eigenvalue weighted by Crippen LogP contribution is 2.13. The van der Waals surface area contributed by atoms with E-state index in [0.29, 0.717) is 0 Å². The predicted molar refractivity (Wildman–Crippen MR) is 78.3 cm³/mol. The van der Waals surface area contributed by atoms with Crippen LogP contribution in [-0.2, 0) is 20.1 Å². The normalized spacial score (nSPS) is 10.7. The third-order valence-electron chi connectivity index (χ3n) is 3.09. The Labute approximate surface area is 117 Å². The largest absolute Gasteiger partial charge is 0.381 e. The standard InChI is InChI=1S/C15H17N5/c1-19-11-14(10-18-19)9-16-15-5-2-4-13(8-15)12-20-7-3-6-17-20/h2-8,10-11,16H,9,12H2,1H3. The molecule has 5 heteroatoms. The summed E-state index contributed by atoms with van der Waals surface area (Å²) in [7, 11) is 1.92. The van der Waals surface area contributed by atoms with Gasteiger partial charge < -0.3 is 5.32 Å². The van der Waals surface area contributed by atoms with Crippen LogP contribution in [0.4, 0.5) is 5.69 Å². The molecular formula is C15H17N5. The average Bonchev–Trinajstić information content (AvgIpc) is 3.09. The first-order chi connectivity index (χ1) is 9.79. The fourth-order valence-corrected chi connectivity index (χ4v) is 2.13. The van der Waals surface area contributed by atoms with Crippen LogP contribution in [0.25, 0.3) is 0 Å². The Hall–Kier alpha value is -2.56. The van der Waals surface area contributed by atoms with Gasteiger partial charge in [-0.25, -0.2) is 0 Å². The Kier molecular flexibility index (Phi) is 3.50. The van der Waals surface area contributed by atoms with Crippen LogP contribution in [-0.4, -0.2) is 19.6 Å². The number of nitrogens with zero attached hydrogens (tertiary/aromatic N) is 4. The van der Waals surface area contributed by atoms with E-state index >= 15 is 0 Å². The van der Waals surface area contributed by atoms with Crippen molar-refractivity contribution in [1.29, 1.82) is 0 Å². The first-order valence-electron chi connectivity index (χ1n) is 6.57. The minimum atomic E-state index is 0.777. The maximum absolute atomic E-state index is 4.22. The van der Waals surface area contributed by atoms with Crippen LogP contribution in [0.3, 0.4) is 0 Å². The van der Waals surface area contributed by atoms with E-state index in [9.17, 15) is 0 Å². The molecule has 0 spiro atoms. The molecule has 2 aromatic heterocycles. The molecule has 102 valence electrons. The van der Waals surface area contributed by atoms with Crippen molar-refractivity contribution in [1.82, 2.24) is 19.6 Å². The first kappa shape index (κ1) is 12.5. The zero-order valence-electron chi connectivity index (χ0n) is 11.4. The van der Waals surface area contributed by atoms with Crippen LogP contribution >= 0.6 is 0 Å². The van der Waals surface area contributed by atoms with Crippen molar-refractivity contribution in [3.63, 3.8) is 0 Å². The molecule has 1 N–H and O–H groups in total. The fraction of sp³-hybridized carbons (Fsp3) is 0.200. The molecule has 3 aromatic rings. The lowest BCUT2D eigenvalue weighted by Crippen LogP contribution is -2.02. The molecule has 3 rings (SSSR count). The lowest BCUT2D eigenvalue weighted by Gasteiger charge is -2.07. The molecule has 20 heavy (non-hydrogen) atoms. The molecule has 0 aliphatic rings. The number of rotatable bonds is 5. The number of benzene rings is 1. The molecule has 0 radical (unpaired) electrons. The molecule has 0 unspecified atom stereocenters. The summed E-state index contributed by atoms with van der Waals surface area (Å²) in [5.41, 5.74) is 3.51. The fourth-order valence-electron chi connectivity index (χ4n) is 2.13. The maximum Gasteiger partial charge on any atom is 0.0660 e. The highest BCUT2D eigenvalue weighted by atomic mass is 15.3. The summed E-state index contributed by atoms with van der Waals surface area (Å²) >= 11 is 0. The van der Waals surface area contributed by atoms with Gasteiger partial charge in [-0.3, -0.25) is 9.36 Å². The van der Waals surface area contributed by atoms with Crippen molar-refractivity contribution < 1.29 is 0 Å². The molecule has 0 aliphatic heterocycles. The third-order valence-corrected chi connectivity index (χ3v) is 3.09. The zero-order valence-corrected chi connectivity index (χ0v) is 11.4. The molecule has 0 saturated carbocycles. The molecule has 0 fully saturated rings. The molecular weight excluding hydrogens is 250 g/mol. The number of nitrogens with one attached hydrogen (secondary N) is 1. The van der Waals surface area contributed by atoms with E-state index < -0.39 is 0 Å². The van der Waals surface area contributed by atoms with Crippen molar-refractivity contribution in [2.24, 2.45) is 7.05 Å². The number of hydrogen-bond donors (Lipinski definition) is 1. The first-order valence-corrected chi connectivity index (χ1v) is 6.57. The highest BCUT2D eigenvalue weighted by Gasteiger charge is 1.99. The second-order valence-electron chi connectivity index (χ2n) is 4.78. The Morgan fingerprint density at radius 1 is 1.15 bits per heavy atom. The van der Waals surface area contributed by atoms with Crippen LogP contribution in [0, 0.1) is 0 Å². The summed E-state index contributed by atoms with van der Waals surface area (Å²) in [5.74, 6) is 0. The van der Waals surface area contributed by atoms with Crippen molar-refractivity contribution in [2.75, 3.05) is 5.32 Å². The van der Waals surface area contributed by atoms with E-state index in [1.54, 1.807) is 6.20 Å². The third kappa shape index (κ3) is 3.06.